The highest BCUT2D eigenvalue weighted by atomic mass is 32.2. The van der Waals surface area contributed by atoms with Gasteiger partial charge in [0.1, 0.15) is 6.10 Å². The van der Waals surface area contributed by atoms with Crippen LogP contribution in [-0.4, -0.2) is 38.8 Å². The first kappa shape index (κ1) is 21.9. The highest BCUT2D eigenvalue weighted by molar-refractivity contribution is 7.93. The van der Waals surface area contributed by atoms with Crippen LogP contribution in [0.2, 0.25) is 0 Å². The maximum atomic E-state index is 13.0. The number of hydrogen-bond acceptors (Lipinski definition) is 6. The maximum absolute atomic E-state index is 13.0. The van der Waals surface area contributed by atoms with Crippen molar-refractivity contribution in [2.75, 3.05) is 7.11 Å². The molecule has 1 aromatic carbocycles. The highest BCUT2D eigenvalue weighted by Gasteiger charge is 2.44. The van der Waals surface area contributed by atoms with E-state index in [1.807, 2.05) is 19.9 Å². The van der Waals surface area contributed by atoms with E-state index in [1.165, 1.54) is 12.1 Å². The van der Waals surface area contributed by atoms with E-state index in [0.29, 0.717) is 6.42 Å². The molecule has 0 aliphatic heterocycles. The Labute approximate surface area is 166 Å². The van der Waals surface area contributed by atoms with E-state index in [2.05, 4.69) is 11.3 Å². The predicted octanol–water partition coefficient (Wildman–Crippen LogP) is 3.15. The third-order valence-corrected chi connectivity index (χ3v) is 6.91. The number of aryl methyl sites for hydroxylation is 1. The van der Waals surface area contributed by atoms with E-state index < -0.39 is 33.1 Å². The van der Waals surface area contributed by atoms with Crippen LogP contribution in [0.25, 0.3) is 0 Å². The lowest BCUT2D eigenvalue weighted by Crippen LogP contribution is -2.42. The zero-order valence-electron chi connectivity index (χ0n) is 16.6. The minimum Gasteiger partial charge on any atom is -0.468 e. The molecule has 0 amide bonds. The summed E-state index contributed by atoms with van der Waals surface area (Å²) in [6, 6.07) is 5.91. The van der Waals surface area contributed by atoms with Crippen LogP contribution in [0.1, 0.15) is 32.3 Å². The van der Waals surface area contributed by atoms with E-state index in [-0.39, 0.29) is 10.8 Å². The number of allylic oxidation sites excluding steroid dienone is 2. The topological polar surface area (TPSA) is 86.7 Å². The molecule has 1 unspecified atom stereocenters. The van der Waals surface area contributed by atoms with E-state index in [4.69, 9.17) is 4.74 Å². The third-order valence-electron chi connectivity index (χ3n) is 4.98. The van der Waals surface area contributed by atoms with Crippen LogP contribution in [0.15, 0.2) is 53.0 Å². The van der Waals surface area contributed by atoms with Crippen molar-refractivity contribution in [2.24, 2.45) is 5.92 Å². The molecule has 2 rings (SSSR count). The molecule has 1 aliphatic carbocycles. The smallest absolute Gasteiger partial charge is 0.337 e. The summed E-state index contributed by atoms with van der Waals surface area (Å²) in [5.41, 5.74) is 2.63. The minimum atomic E-state index is -4.31. The lowest BCUT2D eigenvalue weighted by Gasteiger charge is -2.29. The second-order valence-electron chi connectivity index (χ2n) is 7.15. The quantitative estimate of drug-likeness (QED) is 0.410. The maximum Gasteiger partial charge on any atom is 0.337 e. The molecule has 0 N–H and O–H groups in total. The van der Waals surface area contributed by atoms with Crippen molar-refractivity contribution in [1.29, 1.82) is 0 Å². The molecule has 0 saturated carbocycles. The number of carbonyl (C=O) groups excluding carboxylic acids is 2. The Kier molecular flexibility index (Phi) is 6.82. The summed E-state index contributed by atoms with van der Waals surface area (Å²) in [5.74, 6) is -2.17. The molecule has 0 aromatic heterocycles. The molecular formula is C21H26O6S. The van der Waals surface area contributed by atoms with Gasteiger partial charge in [-0.1, -0.05) is 35.9 Å². The van der Waals surface area contributed by atoms with Crippen LogP contribution in [0.4, 0.5) is 0 Å². The largest absolute Gasteiger partial charge is 0.468 e. The first-order valence-corrected chi connectivity index (χ1v) is 10.5. The normalized spacial score (nSPS) is 20.6. The van der Waals surface area contributed by atoms with Gasteiger partial charge in [-0.15, -0.1) is 0 Å². The van der Waals surface area contributed by atoms with Gasteiger partial charge < -0.3 is 9.47 Å². The van der Waals surface area contributed by atoms with Crippen LogP contribution in [-0.2, 0) is 28.9 Å². The monoisotopic (exact) mass is 406 g/mol. The molecule has 152 valence electrons. The molecule has 6 nitrogen and oxygen atoms in total. The Morgan fingerprint density at radius 1 is 1.14 bits per heavy atom. The van der Waals surface area contributed by atoms with Crippen molar-refractivity contribution in [3.05, 3.63) is 53.6 Å². The molecular weight excluding hydrogens is 380 g/mol. The van der Waals surface area contributed by atoms with Crippen LogP contribution in [0, 0.1) is 12.8 Å². The van der Waals surface area contributed by atoms with Crippen molar-refractivity contribution >= 4 is 21.8 Å². The van der Waals surface area contributed by atoms with E-state index >= 15 is 0 Å². The van der Waals surface area contributed by atoms with Gasteiger partial charge >= 0.3 is 11.9 Å². The van der Waals surface area contributed by atoms with Gasteiger partial charge in [0.25, 0.3) is 5.25 Å². The number of benzene rings is 1. The lowest BCUT2D eigenvalue weighted by atomic mass is 9.84. The number of ether oxygens (including phenoxy) is 2. The molecule has 0 heterocycles. The van der Waals surface area contributed by atoms with Crippen LogP contribution in [0.3, 0.4) is 0 Å². The van der Waals surface area contributed by atoms with Gasteiger partial charge in [-0.25, -0.2) is 13.2 Å². The molecule has 0 radical (unpaired) electrons. The third kappa shape index (κ3) is 4.70. The molecule has 0 fully saturated rings. The van der Waals surface area contributed by atoms with Crippen LogP contribution < -0.4 is 0 Å². The van der Waals surface area contributed by atoms with Crippen molar-refractivity contribution in [1.82, 2.24) is 0 Å². The summed E-state index contributed by atoms with van der Waals surface area (Å²) >= 11 is 0. The zero-order chi connectivity index (χ0) is 21.1. The second kappa shape index (κ2) is 8.73. The summed E-state index contributed by atoms with van der Waals surface area (Å²) in [6.07, 6.45) is 2.63. The van der Waals surface area contributed by atoms with Gasteiger partial charge in [0, 0.05) is 0 Å². The number of hydrogen-bond donors (Lipinski definition) is 0. The molecule has 1 aliphatic rings. The number of methoxy groups -OCH3 is 1. The van der Waals surface area contributed by atoms with Crippen molar-refractivity contribution in [2.45, 2.75) is 49.9 Å². The fourth-order valence-corrected chi connectivity index (χ4v) is 4.51. The molecule has 28 heavy (non-hydrogen) atoms. The van der Waals surface area contributed by atoms with Gasteiger partial charge in [-0.3, -0.25) is 4.79 Å². The standard InChI is InChI=1S/C21H26O6S/c1-13(2)16-9-8-15(4)18(12-16)27-21(23)19(20(22)26-5)28(24,25)17-10-6-14(3)7-11-17/h6-8,10-11,16,18-19H,1,9,12H2,2-5H3/t16-,18-,19?/m1/s1. The first-order chi connectivity index (χ1) is 13.1. The van der Waals surface area contributed by atoms with E-state index in [0.717, 1.165) is 30.2 Å². The SMILES string of the molecule is C=C(C)[C@@H]1CC=C(C)[C@H](OC(=O)C(C(=O)OC)S(=O)(=O)c2ccc(C)cc2)C1. The van der Waals surface area contributed by atoms with E-state index in [1.54, 1.807) is 19.1 Å². The van der Waals surface area contributed by atoms with Crippen molar-refractivity contribution in [3.8, 4) is 0 Å². The van der Waals surface area contributed by atoms with Gasteiger partial charge in [-0.2, -0.15) is 0 Å². The molecule has 0 spiro atoms. The Balaban J connectivity index is 2.33. The van der Waals surface area contributed by atoms with Gasteiger partial charge in [0.2, 0.25) is 9.84 Å². The first-order valence-electron chi connectivity index (χ1n) is 8.98. The summed E-state index contributed by atoms with van der Waals surface area (Å²) in [5, 5.41) is -2.07. The van der Waals surface area contributed by atoms with Crippen molar-refractivity contribution < 1.29 is 27.5 Å². The predicted molar refractivity (Wildman–Crippen MR) is 105 cm³/mol. The average Bonchev–Trinajstić information content (AvgIpc) is 2.63. The molecule has 7 heteroatoms. The molecule has 0 saturated heterocycles. The molecule has 3 atom stereocenters. The molecule has 1 aromatic rings. The Bertz CT molecular complexity index is 895. The summed E-state index contributed by atoms with van der Waals surface area (Å²) in [7, 11) is -3.27. The fraction of sp³-hybridized carbons (Fsp3) is 0.429. The average molecular weight is 407 g/mol. The summed E-state index contributed by atoms with van der Waals surface area (Å²) in [4.78, 5) is 24.8. The zero-order valence-corrected chi connectivity index (χ0v) is 17.4. The number of carbonyl (C=O) groups is 2. The minimum absolute atomic E-state index is 0.131. The number of esters is 2. The summed E-state index contributed by atoms with van der Waals surface area (Å²) < 4.78 is 36.0. The van der Waals surface area contributed by atoms with Gasteiger partial charge in [0.15, 0.2) is 0 Å². The second-order valence-corrected chi connectivity index (χ2v) is 9.18. The van der Waals surface area contributed by atoms with E-state index in [9.17, 15) is 18.0 Å². The Hall–Kier alpha value is -2.41. The lowest BCUT2D eigenvalue weighted by molar-refractivity contribution is -0.155. The van der Waals surface area contributed by atoms with Crippen molar-refractivity contribution in [3.63, 3.8) is 0 Å². The van der Waals surface area contributed by atoms with Crippen LogP contribution in [0.5, 0.6) is 0 Å². The van der Waals surface area contributed by atoms with Gasteiger partial charge in [0.05, 0.1) is 12.0 Å². The molecule has 0 bridgehead atoms. The Morgan fingerprint density at radius 2 is 1.75 bits per heavy atom. The summed E-state index contributed by atoms with van der Waals surface area (Å²) in [6.45, 7) is 9.46. The highest BCUT2D eigenvalue weighted by Crippen LogP contribution is 2.31. The van der Waals surface area contributed by atoms with Gasteiger partial charge in [-0.05, 0) is 57.2 Å². The number of rotatable bonds is 6. The fourth-order valence-electron chi connectivity index (χ4n) is 3.07. The van der Waals surface area contributed by atoms with Crippen LogP contribution >= 0.6 is 0 Å². The Morgan fingerprint density at radius 3 is 2.29 bits per heavy atom. The number of sulfone groups is 1.